The van der Waals surface area contributed by atoms with Crippen molar-refractivity contribution in [1.29, 1.82) is 0 Å². The smallest absolute Gasteiger partial charge is 0.167 e. The van der Waals surface area contributed by atoms with Gasteiger partial charge in [0.25, 0.3) is 0 Å². The molecule has 47 heavy (non-hydrogen) atoms. The molecule has 0 bridgehead atoms. The minimum atomic E-state index is -4.79. The molecule has 7 aromatic rings. The van der Waals surface area contributed by atoms with Crippen LogP contribution in [0.1, 0.15) is 0 Å². The van der Waals surface area contributed by atoms with E-state index < -0.39 is 10.2 Å². The van der Waals surface area contributed by atoms with Crippen LogP contribution in [0.2, 0.25) is 0 Å². The van der Waals surface area contributed by atoms with Gasteiger partial charge in [-0.1, -0.05) is 132 Å². The van der Waals surface area contributed by atoms with Crippen LogP contribution in [0.4, 0.5) is 0 Å². The van der Waals surface area contributed by atoms with E-state index in [1.807, 2.05) is 127 Å². The molecule has 0 aliphatic rings. The molecular formula is C41H29ClNO4+. The van der Waals surface area contributed by atoms with Crippen LogP contribution in [-0.4, -0.2) is 0 Å². The van der Waals surface area contributed by atoms with Crippen molar-refractivity contribution >= 4 is 0 Å². The van der Waals surface area contributed by atoms with Gasteiger partial charge < -0.3 is 0 Å². The average molecular weight is 635 g/mol. The Balaban J connectivity index is 1.62. The Kier molecular flexibility index (Phi) is 8.36. The second-order valence-corrected chi connectivity index (χ2v) is 11.9. The summed E-state index contributed by atoms with van der Waals surface area (Å²) in [4.78, 5) is 0. The lowest BCUT2D eigenvalue weighted by atomic mass is 9.94. The van der Waals surface area contributed by atoms with Crippen molar-refractivity contribution in [3.63, 3.8) is 0 Å². The van der Waals surface area contributed by atoms with Crippen LogP contribution in [0.15, 0.2) is 176 Å². The summed E-state index contributed by atoms with van der Waals surface area (Å²) < 4.78 is 43.9. The maximum Gasteiger partial charge on any atom is 0.304 e. The number of benzene rings is 6. The number of hydrogen-bond donors (Lipinski definition) is 0. The highest BCUT2D eigenvalue weighted by Crippen LogP contribution is 2.42. The highest BCUT2D eigenvalue weighted by molar-refractivity contribution is 5.85. The van der Waals surface area contributed by atoms with Gasteiger partial charge in [0.2, 0.25) is 17.1 Å². The highest BCUT2D eigenvalue weighted by Gasteiger charge is 2.33. The molecule has 0 unspecified atom stereocenters. The monoisotopic (exact) mass is 634 g/mol. The van der Waals surface area contributed by atoms with Crippen LogP contribution in [-0.2, 0) is 0 Å². The summed E-state index contributed by atoms with van der Waals surface area (Å²) in [6.45, 7) is 0. The third-order valence-corrected chi connectivity index (χ3v) is 8.33. The number of rotatable bonds is 8. The number of aromatic nitrogens is 1. The molecule has 228 valence electrons. The molecule has 6 heteroatoms. The molecule has 0 aliphatic carbocycles. The van der Waals surface area contributed by atoms with Crippen molar-refractivity contribution in [3.8, 4) is 67.3 Å². The predicted molar refractivity (Wildman–Crippen MR) is 176 cm³/mol. The minimum absolute atomic E-state index is 0.0353. The molecule has 5 nitrogen and oxygen atoms in total. The molecule has 1 aromatic heterocycles. The minimum Gasteiger partial charge on any atom is -0.167 e. The van der Waals surface area contributed by atoms with Crippen molar-refractivity contribution in [2.24, 2.45) is 0 Å². The lowest BCUT2D eigenvalue weighted by molar-refractivity contribution is -1.91. The van der Waals surface area contributed by atoms with Crippen LogP contribution >= 0.6 is 0 Å². The molecule has 0 atom stereocenters. The highest BCUT2D eigenvalue weighted by atomic mass is 35.7. The maximum atomic E-state index is 12.2. The summed E-state index contributed by atoms with van der Waals surface area (Å²) in [6.07, 6.45) is 0. The fourth-order valence-electron chi connectivity index (χ4n) is 5.90. The zero-order valence-electron chi connectivity index (χ0n) is 25.2. The van der Waals surface area contributed by atoms with Gasteiger partial charge in [-0.05, 0) is 46.5 Å². The standard InChI is InChI=1S/C41H29ClNO4/c44-42(45,46)47-41-37(31-18-8-2-9-19-31)28-36(29-38(41)32-20-10-3-11-21-32)43-39(33-22-12-4-13-23-33)26-35(30-16-6-1-7-17-30)27-40(43)34-24-14-5-15-25-34/h1-29H/q+1. The Morgan fingerprint density at radius 3 is 1.09 bits per heavy atom. The summed E-state index contributed by atoms with van der Waals surface area (Å²) in [5, 5.41) is 0. The summed E-state index contributed by atoms with van der Waals surface area (Å²) in [5.41, 5.74) is 9.03. The van der Waals surface area contributed by atoms with Gasteiger partial charge in [0.1, 0.15) is 10.2 Å². The van der Waals surface area contributed by atoms with Crippen LogP contribution in [0, 0.1) is 10.2 Å². The fourth-order valence-corrected chi connectivity index (χ4v) is 6.25. The Morgan fingerprint density at radius 2 is 0.723 bits per heavy atom. The van der Waals surface area contributed by atoms with E-state index in [2.05, 4.69) is 53.1 Å². The Bertz CT molecular complexity index is 2000. The molecule has 0 saturated heterocycles. The van der Waals surface area contributed by atoms with E-state index in [1.54, 1.807) is 0 Å². The van der Waals surface area contributed by atoms with Crippen molar-refractivity contribution in [3.05, 3.63) is 176 Å². The molecule has 0 saturated carbocycles. The van der Waals surface area contributed by atoms with Gasteiger partial charge in [-0.2, -0.15) is 18.5 Å². The summed E-state index contributed by atoms with van der Waals surface area (Å²) in [6, 6.07) is 57.4. The summed E-state index contributed by atoms with van der Waals surface area (Å²) in [5.74, 6) is -0.0353. The van der Waals surface area contributed by atoms with Gasteiger partial charge in [-0.15, -0.1) is 0 Å². The second-order valence-electron chi connectivity index (χ2n) is 11.0. The van der Waals surface area contributed by atoms with Crippen LogP contribution in [0.25, 0.3) is 61.6 Å². The largest absolute Gasteiger partial charge is 0.304 e. The first-order chi connectivity index (χ1) is 22.9. The third-order valence-electron chi connectivity index (χ3n) is 7.99. The second kappa shape index (κ2) is 13.0. The number of halogens is 1. The lowest BCUT2D eigenvalue weighted by Crippen LogP contribution is -2.63. The van der Waals surface area contributed by atoms with Gasteiger partial charge in [0.15, 0.2) is 0 Å². The Hall–Kier alpha value is -5.56. The number of nitrogens with zero attached hydrogens (tertiary/aromatic N) is 1. The van der Waals surface area contributed by atoms with E-state index >= 15 is 0 Å². The zero-order chi connectivity index (χ0) is 32.2. The first kappa shape index (κ1) is 30.1. The average Bonchev–Trinajstić information content (AvgIpc) is 3.12. The van der Waals surface area contributed by atoms with Crippen molar-refractivity contribution in [2.45, 2.75) is 0 Å². The van der Waals surface area contributed by atoms with Gasteiger partial charge in [-0.25, -0.2) is 0 Å². The summed E-state index contributed by atoms with van der Waals surface area (Å²) >= 11 is 0. The first-order valence-corrected chi connectivity index (χ1v) is 16.3. The molecule has 0 radical (unpaired) electrons. The maximum absolute atomic E-state index is 12.2. The van der Waals surface area contributed by atoms with E-state index in [4.69, 9.17) is 4.29 Å². The van der Waals surface area contributed by atoms with E-state index in [1.165, 1.54) is 0 Å². The Morgan fingerprint density at radius 1 is 0.383 bits per heavy atom. The quantitative estimate of drug-likeness (QED) is 0.177. The van der Waals surface area contributed by atoms with Gasteiger partial charge in [0.05, 0.1) is 0 Å². The molecule has 0 amide bonds. The topological polar surface area (TPSA) is 82.3 Å². The van der Waals surface area contributed by atoms with E-state index in [0.717, 1.165) is 39.3 Å². The molecule has 0 N–H and O–H groups in total. The van der Waals surface area contributed by atoms with Crippen molar-refractivity contribution in [2.75, 3.05) is 0 Å². The molecule has 0 aliphatic heterocycles. The van der Waals surface area contributed by atoms with E-state index in [0.29, 0.717) is 22.3 Å². The van der Waals surface area contributed by atoms with E-state index in [-0.39, 0.29) is 5.75 Å². The molecule has 1 heterocycles. The van der Waals surface area contributed by atoms with Crippen LogP contribution < -0.4 is 22.8 Å². The lowest BCUT2D eigenvalue weighted by Gasteiger charge is -2.18. The summed E-state index contributed by atoms with van der Waals surface area (Å²) in [7, 11) is -4.79. The van der Waals surface area contributed by atoms with Crippen molar-refractivity contribution in [1.82, 2.24) is 0 Å². The molecular weight excluding hydrogens is 606 g/mol. The molecule has 0 spiro atoms. The van der Waals surface area contributed by atoms with Gasteiger partial charge in [0, 0.05) is 46.5 Å². The Labute approximate surface area is 275 Å². The number of hydrogen-bond acceptors (Lipinski definition) is 4. The van der Waals surface area contributed by atoms with Gasteiger partial charge >= 0.3 is 5.75 Å². The van der Waals surface area contributed by atoms with Gasteiger partial charge in [-0.3, -0.25) is 0 Å². The van der Waals surface area contributed by atoms with Crippen LogP contribution in [0.3, 0.4) is 0 Å². The number of pyridine rings is 1. The first-order valence-electron chi connectivity index (χ1n) is 15.1. The molecule has 7 rings (SSSR count). The van der Waals surface area contributed by atoms with Crippen LogP contribution in [0.5, 0.6) is 5.75 Å². The SMILES string of the molecule is [O-][Cl+3]([O-])([O-])Oc1c(-c2ccccc2)cc(-[n+]2c(-c3ccccc3)cc(-c3ccccc3)cc2-c2ccccc2)cc1-c1ccccc1. The molecule has 0 fully saturated rings. The van der Waals surface area contributed by atoms with E-state index in [9.17, 15) is 14.0 Å². The zero-order valence-corrected chi connectivity index (χ0v) is 26.0. The normalized spacial score (nSPS) is 11.3. The molecule has 6 aromatic carbocycles. The third kappa shape index (κ3) is 6.56. The fraction of sp³-hybridized carbons (Fsp3) is 0. The van der Waals surface area contributed by atoms with Crippen molar-refractivity contribution < 1.29 is 33.1 Å². The predicted octanol–water partition coefficient (Wildman–Crippen LogP) is 6.57.